The van der Waals surface area contributed by atoms with Crippen molar-refractivity contribution < 1.29 is 19.8 Å². The lowest BCUT2D eigenvalue weighted by atomic mass is 10.1. The standard InChI is InChI=1S/C18H11BrClN3O4/c19-10-3-6-13-12(7-10)16(18(27)21-13)22-23-17(26)15(25)8-14(24)9-1-4-11(20)5-2-9/h1-8,21,24,27H/b14-8-,23-22?. The summed E-state index contributed by atoms with van der Waals surface area (Å²) in [6.45, 7) is 0. The van der Waals surface area contributed by atoms with E-state index in [2.05, 4.69) is 31.1 Å². The predicted octanol–water partition coefficient (Wildman–Crippen LogP) is 5.07. The number of aliphatic hydroxyl groups excluding tert-OH is 1. The van der Waals surface area contributed by atoms with Gasteiger partial charge in [0.25, 0.3) is 5.78 Å². The number of aromatic amines is 1. The number of ketones is 1. The van der Waals surface area contributed by atoms with Crippen LogP contribution in [0.2, 0.25) is 5.02 Å². The molecule has 3 N–H and O–H groups in total. The Hall–Kier alpha value is -2.97. The number of amides is 1. The molecule has 3 aromatic rings. The van der Waals surface area contributed by atoms with E-state index in [-0.39, 0.29) is 11.6 Å². The lowest BCUT2D eigenvalue weighted by Gasteiger charge is -1.99. The van der Waals surface area contributed by atoms with E-state index >= 15 is 0 Å². The Kier molecular flexibility index (Phi) is 5.38. The number of aliphatic hydroxyl groups is 1. The highest BCUT2D eigenvalue weighted by Gasteiger charge is 2.15. The minimum Gasteiger partial charge on any atom is -0.507 e. The zero-order chi connectivity index (χ0) is 19.6. The molecular formula is C18H11BrClN3O4. The Morgan fingerprint density at radius 3 is 2.56 bits per heavy atom. The molecule has 0 bridgehead atoms. The Bertz CT molecular complexity index is 1100. The second kappa shape index (κ2) is 7.73. The molecule has 0 aliphatic carbocycles. The summed E-state index contributed by atoms with van der Waals surface area (Å²) in [7, 11) is 0. The molecule has 9 heteroatoms. The van der Waals surface area contributed by atoms with Crippen molar-refractivity contribution >= 4 is 61.6 Å². The molecule has 27 heavy (non-hydrogen) atoms. The quantitative estimate of drug-likeness (QED) is 0.224. The number of carbonyl (C=O) groups excluding carboxylic acids is 2. The predicted molar refractivity (Wildman–Crippen MR) is 104 cm³/mol. The highest BCUT2D eigenvalue weighted by atomic mass is 79.9. The molecule has 0 aliphatic heterocycles. The minimum atomic E-state index is -1.20. The fourth-order valence-corrected chi connectivity index (χ4v) is 2.76. The number of rotatable bonds is 4. The van der Waals surface area contributed by atoms with Crippen molar-refractivity contribution in [3.8, 4) is 5.88 Å². The van der Waals surface area contributed by atoms with Gasteiger partial charge in [0.05, 0.1) is 5.52 Å². The fraction of sp³-hybridized carbons (Fsp3) is 0. The summed E-state index contributed by atoms with van der Waals surface area (Å²) >= 11 is 9.05. The van der Waals surface area contributed by atoms with Crippen molar-refractivity contribution in [1.82, 2.24) is 4.98 Å². The minimum absolute atomic E-state index is 0.0263. The van der Waals surface area contributed by atoms with Crippen LogP contribution in [0.1, 0.15) is 5.56 Å². The van der Waals surface area contributed by atoms with E-state index in [0.717, 1.165) is 10.5 Å². The number of aromatic nitrogens is 1. The maximum atomic E-state index is 11.9. The first kappa shape index (κ1) is 18.8. The maximum absolute atomic E-state index is 11.9. The van der Waals surface area contributed by atoms with Gasteiger partial charge in [-0.05, 0) is 42.5 Å². The topological polar surface area (TPSA) is 115 Å². The van der Waals surface area contributed by atoms with E-state index in [0.29, 0.717) is 21.5 Å². The van der Waals surface area contributed by atoms with Gasteiger partial charge in [-0.25, -0.2) is 0 Å². The van der Waals surface area contributed by atoms with Gasteiger partial charge in [-0.3, -0.25) is 9.59 Å². The van der Waals surface area contributed by atoms with Gasteiger partial charge in [0.1, 0.15) is 5.76 Å². The van der Waals surface area contributed by atoms with Crippen molar-refractivity contribution in [2.24, 2.45) is 10.2 Å². The van der Waals surface area contributed by atoms with E-state index in [1.54, 1.807) is 18.2 Å². The SMILES string of the molecule is O=C(/C=C(\O)c1ccc(Cl)cc1)C(=O)N=Nc1c(O)[nH]c2ccc(Br)cc12. The zero-order valence-corrected chi connectivity index (χ0v) is 15.8. The highest BCUT2D eigenvalue weighted by Crippen LogP contribution is 2.36. The van der Waals surface area contributed by atoms with E-state index in [1.807, 2.05) is 0 Å². The molecule has 7 nitrogen and oxygen atoms in total. The van der Waals surface area contributed by atoms with Crippen LogP contribution in [0.5, 0.6) is 5.88 Å². The van der Waals surface area contributed by atoms with Crippen LogP contribution in [0.3, 0.4) is 0 Å². The van der Waals surface area contributed by atoms with E-state index in [4.69, 9.17) is 11.6 Å². The molecule has 0 atom stereocenters. The smallest absolute Gasteiger partial charge is 0.335 e. The monoisotopic (exact) mass is 447 g/mol. The van der Waals surface area contributed by atoms with Crippen LogP contribution >= 0.6 is 27.5 Å². The fourth-order valence-electron chi connectivity index (χ4n) is 2.27. The molecule has 0 unspecified atom stereocenters. The van der Waals surface area contributed by atoms with E-state index in [9.17, 15) is 19.8 Å². The zero-order valence-electron chi connectivity index (χ0n) is 13.5. The average molecular weight is 449 g/mol. The number of fused-ring (bicyclic) bond motifs is 1. The molecule has 0 saturated carbocycles. The van der Waals surface area contributed by atoms with Gasteiger partial charge < -0.3 is 15.2 Å². The van der Waals surface area contributed by atoms with Gasteiger partial charge in [0.15, 0.2) is 5.69 Å². The number of benzene rings is 2. The van der Waals surface area contributed by atoms with Crippen LogP contribution in [0.25, 0.3) is 16.7 Å². The summed E-state index contributed by atoms with van der Waals surface area (Å²) < 4.78 is 0.740. The number of nitrogens with one attached hydrogen (secondary N) is 1. The normalized spacial score (nSPS) is 12.0. The van der Waals surface area contributed by atoms with Gasteiger partial charge in [-0.2, -0.15) is 0 Å². The number of aromatic hydroxyl groups is 1. The Labute approximate surface area is 166 Å². The molecule has 0 saturated heterocycles. The van der Waals surface area contributed by atoms with Crippen molar-refractivity contribution in [3.05, 3.63) is 63.6 Å². The lowest BCUT2D eigenvalue weighted by molar-refractivity contribution is -0.133. The molecule has 136 valence electrons. The number of carbonyl (C=O) groups is 2. The van der Waals surface area contributed by atoms with Gasteiger partial charge in [-0.15, -0.1) is 10.2 Å². The summed E-state index contributed by atoms with van der Waals surface area (Å²) in [5.74, 6) is -2.95. The van der Waals surface area contributed by atoms with Crippen LogP contribution in [0.15, 0.2) is 63.2 Å². The third-order valence-corrected chi connectivity index (χ3v) is 4.32. The number of hydrogen-bond acceptors (Lipinski definition) is 5. The number of azo groups is 1. The molecule has 0 radical (unpaired) electrons. The molecule has 1 amide bonds. The van der Waals surface area contributed by atoms with E-state index in [1.165, 1.54) is 24.3 Å². The molecule has 3 rings (SSSR count). The van der Waals surface area contributed by atoms with Crippen LogP contribution < -0.4 is 0 Å². The maximum Gasteiger partial charge on any atom is 0.335 e. The number of hydrogen-bond donors (Lipinski definition) is 3. The van der Waals surface area contributed by atoms with Gasteiger partial charge >= 0.3 is 5.91 Å². The number of nitrogens with zero attached hydrogens (tertiary/aromatic N) is 2. The lowest BCUT2D eigenvalue weighted by Crippen LogP contribution is -2.07. The van der Waals surface area contributed by atoms with Gasteiger partial charge in [0.2, 0.25) is 5.88 Å². The Morgan fingerprint density at radius 1 is 1.15 bits per heavy atom. The largest absolute Gasteiger partial charge is 0.507 e. The average Bonchev–Trinajstić information content (AvgIpc) is 2.94. The molecular weight excluding hydrogens is 438 g/mol. The third-order valence-electron chi connectivity index (χ3n) is 3.57. The summed E-state index contributed by atoms with van der Waals surface area (Å²) in [5.41, 5.74) is 0.929. The second-order valence-corrected chi connectivity index (χ2v) is 6.77. The molecule has 0 fully saturated rings. The van der Waals surface area contributed by atoms with Crippen molar-refractivity contribution in [2.75, 3.05) is 0 Å². The number of halogens is 2. The first-order chi connectivity index (χ1) is 12.8. The van der Waals surface area contributed by atoms with Crippen LogP contribution in [0, 0.1) is 0 Å². The molecule has 1 aromatic heterocycles. The summed E-state index contributed by atoms with van der Waals surface area (Å²) in [6, 6.07) is 11.2. The van der Waals surface area contributed by atoms with Crippen molar-refractivity contribution in [2.45, 2.75) is 0 Å². The molecule has 0 spiro atoms. The van der Waals surface area contributed by atoms with Crippen LogP contribution in [-0.4, -0.2) is 26.9 Å². The number of H-pyrrole nitrogens is 1. The third kappa shape index (κ3) is 4.24. The molecule has 0 aliphatic rings. The van der Waals surface area contributed by atoms with Crippen molar-refractivity contribution in [1.29, 1.82) is 0 Å². The van der Waals surface area contributed by atoms with Gasteiger partial charge in [0, 0.05) is 26.5 Å². The Balaban J connectivity index is 1.81. The van der Waals surface area contributed by atoms with Gasteiger partial charge in [-0.1, -0.05) is 27.5 Å². The summed E-state index contributed by atoms with van der Waals surface area (Å²) in [4.78, 5) is 26.5. The Morgan fingerprint density at radius 2 is 1.85 bits per heavy atom. The highest BCUT2D eigenvalue weighted by molar-refractivity contribution is 9.10. The van der Waals surface area contributed by atoms with Crippen LogP contribution in [-0.2, 0) is 9.59 Å². The summed E-state index contributed by atoms with van der Waals surface area (Å²) in [6.07, 6.45) is 0.746. The first-order valence-electron chi connectivity index (χ1n) is 7.52. The summed E-state index contributed by atoms with van der Waals surface area (Å²) in [5, 5.41) is 27.8. The second-order valence-electron chi connectivity index (χ2n) is 5.42. The first-order valence-corrected chi connectivity index (χ1v) is 8.69. The van der Waals surface area contributed by atoms with E-state index < -0.39 is 17.4 Å². The van der Waals surface area contributed by atoms with Crippen LogP contribution in [0.4, 0.5) is 5.69 Å². The van der Waals surface area contributed by atoms with Crippen molar-refractivity contribution in [3.63, 3.8) is 0 Å². The molecule has 1 heterocycles. The molecule has 2 aromatic carbocycles.